The van der Waals surface area contributed by atoms with Crippen LogP contribution in [0.3, 0.4) is 0 Å². The second kappa shape index (κ2) is 11.2. The zero-order valence-corrected chi connectivity index (χ0v) is 19.0. The van der Waals surface area contributed by atoms with Crippen molar-refractivity contribution in [2.75, 3.05) is 53.0 Å². The molecule has 0 radical (unpaired) electrons. The first-order valence-electron chi connectivity index (χ1n) is 11.4. The van der Waals surface area contributed by atoms with Crippen LogP contribution in [0.15, 0.2) is 47.6 Å². The lowest BCUT2D eigenvalue weighted by Gasteiger charge is -2.32. The second-order valence-electron chi connectivity index (χ2n) is 7.92. The number of nitrogens with zero attached hydrogens (tertiary/aromatic N) is 4. The summed E-state index contributed by atoms with van der Waals surface area (Å²) in [6.07, 6.45) is 3.00. The molecule has 1 N–H and O–H groups in total. The SMILES string of the molecule is CCOc1ccccc1Oc1ccc(CNC(=NC)N2CCC(N3CCOCC3)C2)cn1. The third-order valence-corrected chi connectivity index (χ3v) is 5.85. The Labute approximate surface area is 190 Å². The van der Waals surface area contributed by atoms with Gasteiger partial charge >= 0.3 is 0 Å². The Morgan fingerprint density at radius 2 is 1.97 bits per heavy atom. The van der Waals surface area contributed by atoms with E-state index in [-0.39, 0.29) is 0 Å². The summed E-state index contributed by atoms with van der Waals surface area (Å²) in [5, 5.41) is 3.48. The van der Waals surface area contributed by atoms with Gasteiger partial charge in [-0.05, 0) is 31.0 Å². The average Bonchev–Trinajstić information content (AvgIpc) is 3.33. The van der Waals surface area contributed by atoms with Crippen molar-refractivity contribution in [3.05, 3.63) is 48.2 Å². The molecular formula is C24H33N5O3. The van der Waals surface area contributed by atoms with Crippen LogP contribution in [0.25, 0.3) is 0 Å². The number of hydrogen-bond donors (Lipinski definition) is 1. The van der Waals surface area contributed by atoms with Crippen LogP contribution >= 0.6 is 0 Å². The minimum absolute atomic E-state index is 0.540. The Kier molecular flexibility index (Phi) is 7.79. The first-order valence-corrected chi connectivity index (χ1v) is 11.4. The van der Waals surface area contributed by atoms with Gasteiger partial charge in [0.05, 0.1) is 19.8 Å². The average molecular weight is 440 g/mol. The number of likely N-dealkylation sites (tertiary alicyclic amines) is 1. The molecule has 0 amide bonds. The minimum atomic E-state index is 0.540. The van der Waals surface area contributed by atoms with Gasteiger partial charge in [-0.3, -0.25) is 9.89 Å². The number of benzene rings is 1. The molecule has 8 heteroatoms. The lowest BCUT2D eigenvalue weighted by Crippen LogP contribution is -2.46. The fourth-order valence-corrected chi connectivity index (χ4v) is 4.19. The molecule has 2 fully saturated rings. The summed E-state index contributed by atoms with van der Waals surface area (Å²) in [6, 6.07) is 12.1. The zero-order chi connectivity index (χ0) is 22.2. The van der Waals surface area contributed by atoms with Gasteiger partial charge in [0.1, 0.15) is 0 Å². The third-order valence-electron chi connectivity index (χ3n) is 5.85. The monoisotopic (exact) mass is 439 g/mol. The molecule has 2 aromatic rings. The van der Waals surface area contributed by atoms with E-state index >= 15 is 0 Å². The third kappa shape index (κ3) is 5.69. The van der Waals surface area contributed by atoms with Crippen molar-refractivity contribution in [3.8, 4) is 17.4 Å². The number of aromatic nitrogens is 1. The molecule has 0 bridgehead atoms. The molecule has 172 valence electrons. The summed E-state index contributed by atoms with van der Waals surface area (Å²) in [4.78, 5) is 13.8. The first kappa shape index (κ1) is 22.4. The Hall–Kier alpha value is -2.84. The van der Waals surface area contributed by atoms with Crippen molar-refractivity contribution >= 4 is 5.96 Å². The van der Waals surface area contributed by atoms with Crippen LogP contribution in [0.4, 0.5) is 0 Å². The fraction of sp³-hybridized carbons (Fsp3) is 0.500. The number of aliphatic imine (C=N–C) groups is 1. The molecule has 0 saturated carbocycles. The van der Waals surface area contributed by atoms with Crippen molar-refractivity contribution in [3.63, 3.8) is 0 Å². The van der Waals surface area contributed by atoms with Gasteiger partial charge in [-0.2, -0.15) is 0 Å². The van der Waals surface area contributed by atoms with E-state index in [1.807, 2.05) is 56.6 Å². The lowest BCUT2D eigenvalue weighted by atomic mass is 10.2. The van der Waals surface area contributed by atoms with Crippen LogP contribution in [0, 0.1) is 0 Å². The molecule has 3 heterocycles. The molecule has 0 aliphatic carbocycles. The van der Waals surface area contributed by atoms with Crippen molar-refractivity contribution in [2.24, 2.45) is 4.99 Å². The smallest absolute Gasteiger partial charge is 0.219 e. The fourth-order valence-electron chi connectivity index (χ4n) is 4.19. The molecule has 2 aliphatic heterocycles. The first-order chi connectivity index (χ1) is 15.8. The molecule has 32 heavy (non-hydrogen) atoms. The van der Waals surface area contributed by atoms with Crippen molar-refractivity contribution in [2.45, 2.75) is 25.9 Å². The molecule has 4 rings (SSSR count). The zero-order valence-electron chi connectivity index (χ0n) is 19.0. The number of guanidine groups is 1. The second-order valence-corrected chi connectivity index (χ2v) is 7.92. The highest BCUT2D eigenvalue weighted by molar-refractivity contribution is 5.80. The minimum Gasteiger partial charge on any atom is -0.490 e. The van der Waals surface area contributed by atoms with Crippen LogP contribution < -0.4 is 14.8 Å². The maximum Gasteiger partial charge on any atom is 0.219 e. The van der Waals surface area contributed by atoms with E-state index in [1.165, 1.54) is 0 Å². The topological polar surface area (TPSA) is 71.5 Å². The van der Waals surface area contributed by atoms with E-state index in [9.17, 15) is 0 Å². The van der Waals surface area contributed by atoms with E-state index in [4.69, 9.17) is 14.2 Å². The molecule has 2 aliphatic rings. The predicted molar refractivity (Wildman–Crippen MR) is 124 cm³/mol. The predicted octanol–water partition coefficient (Wildman–Crippen LogP) is 2.75. The summed E-state index contributed by atoms with van der Waals surface area (Å²) in [5.41, 5.74) is 1.07. The van der Waals surface area contributed by atoms with Crippen LogP contribution in [0.2, 0.25) is 0 Å². The van der Waals surface area contributed by atoms with E-state index in [2.05, 4.69) is 25.1 Å². The van der Waals surface area contributed by atoms with Crippen LogP contribution in [0.5, 0.6) is 17.4 Å². The quantitative estimate of drug-likeness (QED) is 0.525. The maximum atomic E-state index is 5.91. The van der Waals surface area contributed by atoms with Gasteiger partial charge < -0.3 is 24.4 Å². The maximum absolute atomic E-state index is 5.91. The molecule has 1 atom stereocenters. The molecule has 1 aromatic heterocycles. The lowest BCUT2D eigenvalue weighted by molar-refractivity contribution is 0.0195. The highest BCUT2D eigenvalue weighted by Gasteiger charge is 2.30. The number of rotatable bonds is 7. The summed E-state index contributed by atoms with van der Waals surface area (Å²) in [7, 11) is 1.84. The Morgan fingerprint density at radius 3 is 2.69 bits per heavy atom. The molecular weight excluding hydrogens is 406 g/mol. The standard InChI is InChI=1S/C24H33N5O3/c1-3-31-21-6-4-5-7-22(21)32-23-9-8-19(16-26-23)17-27-24(25-2)29-11-10-20(18-29)28-12-14-30-15-13-28/h4-9,16,20H,3,10-15,17-18H2,1-2H3,(H,25,27). The highest BCUT2D eigenvalue weighted by atomic mass is 16.5. The van der Waals surface area contributed by atoms with Gasteiger partial charge in [0.15, 0.2) is 17.5 Å². The number of nitrogens with one attached hydrogen (secondary N) is 1. The van der Waals surface area contributed by atoms with E-state index in [0.717, 1.165) is 57.3 Å². The van der Waals surface area contributed by atoms with Gasteiger partial charge in [0, 0.05) is 58.1 Å². The summed E-state index contributed by atoms with van der Waals surface area (Å²) >= 11 is 0. The summed E-state index contributed by atoms with van der Waals surface area (Å²) in [5.74, 6) is 2.86. The Morgan fingerprint density at radius 1 is 1.16 bits per heavy atom. The van der Waals surface area contributed by atoms with Crippen LogP contribution in [0.1, 0.15) is 18.9 Å². The molecule has 0 spiro atoms. The summed E-state index contributed by atoms with van der Waals surface area (Å²) in [6.45, 7) is 8.96. The van der Waals surface area contributed by atoms with Gasteiger partial charge in [-0.15, -0.1) is 0 Å². The van der Waals surface area contributed by atoms with Gasteiger partial charge in [-0.1, -0.05) is 18.2 Å². The normalized spacial score (nSPS) is 19.8. The summed E-state index contributed by atoms with van der Waals surface area (Å²) < 4.78 is 17.0. The van der Waals surface area contributed by atoms with Crippen molar-refractivity contribution in [1.82, 2.24) is 20.1 Å². The number of hydrogen-bond acceptors (Lipinski definition) is 6. The van der Waals surface area contributed by atoms with E-state index in [1.54, 1.807) is 0 Å². The Balaban J connectivity index is 1.29. The van der Waals surface area contributed by atoms with Gasteiger partial charge in [0.25, 0.3) is 0 Å². The number of ether oxygens (including phenoxy) is 3. The van der Waals surface area contributed by atoms with Gasteiger partial charge in [-0.25, -0.2) is 4.98 Å². The van der Waals surface area contributed by atoms with Crippen molar-refractivity contribution < 1.29 is 14.2 Å². The molecule has 2 saturated heterocycles. The van der Waals surface area contributed by atoms with Crippen LogP contribution in [-0.2, 0) is 11.3 Å². The largest absolute Gasteiger partial charge is 0.490 e. The highest BCUT2D eigenvalue weighted by Crippen LogP contribution is 2.30. The number of pyridine rings is 1. The van der Waals surface area contributed by atoms with Crippen molar-refractivity contribution in [1.29, 1.82) is 0 Å². The molecule has 1 aromatic carbocycles. The van der Waals surface area contributed by atoms with Gasteiger partial charge in [0.2, 0.25) is 5.88 Å². The van der Waals surface area contributed by atoms with E-state index < -0.39 is 0 Å². The number of para-hydroxylation sites is 2. The molecule has 1 unspecified atom stereocenters. The molecule has 8 nitrogen and oxygen atoms in total. The Bertz CT molecular complexity index is 883. The van der Waals surface area contributed by atoms with Crippen LogP contribution in [-0.4, -0.2) is 79.8 Å². The van der Waals surface area contributed by atoms with E-state index in [0.29, 0.717) is 36.6 Å². The number of morpholine rings is 1.